The van der Waals surface area contributed by atoms with E-state index in [0.717, 1.165) is 76.2 Å². The Labute approximate surface area is 285 Å². The summed E-state index contributed by atoms with van der Waals surface area (Å²) in [6.45, 7) is 21.3. The van der Waals surface area contributed by atoms with Crippen molar-refractivity contribution in [1.82, 2.24) is 9.80 Å². The summed E-state index contributed by atoms with van der Waals surface area (Å²) >= 11 is 0. The lowest BCUT2D eigenvalue weighted by Crippen LogP contribution is -2.34. The molecule has 0 spiro atoms. The van der Waals surface area contributed by atoms with E-state index in [0.29, 0.717) is 6.04 Å². The number of rotatable bonds is 14. The minimum Gasteiger partial charge on any atom is -0.478 e. The van der Waals surface area contributed by atoms with E-state index in [2.05, 4.69) is 81.4 Å². The summed E-state index contributed by atoms with van der Waals surface area (Å²) in [4.78, 5) is 31.1. The smallest absolute Gasteiger partial charge is 0.478 e. The Hall–Kier alpha value is -3.60. The van der Waals surface area contributed by atoms with Crippen LogP contribution in [0.15, 0.2) is 65.5 Å². The van der Waals surface area contributed by atoms with Gasteiger partial charge in [0.05, 0.1) is 11.8 Å². The van der Waals surface area contributed by atoms with Gasteiger partial charge in [-0.3, -0.25) is 4.90 Å². The van der Waals surface area contributed by atoms with Crippen LogP contribution in [0.5, 0.6) is 0 Å². The van der Waals surface area contributed by atoms with Gasteiger partial charge in [0.2, 0.25) is 0 Å². The first-order valence-electron chi connectivity index (χ1n) is 16.9. The number of carboxylic acid groups (broad SMARTS) is 2. The lowest BCUT2D eigenvalue weighted by molar-refractivity contribution is -0.192. The molecule has 0 amide bonds. The topological polar surface area (TPSA) is 103 Å². The molecular weight excluding hydrogens is 623 g/mol. The zero-order chi connectivity index (χ0) is 36.3. The van der Waals surface area contributed by atoms with Crippen molar-refractivity contribution in [3.63, 3.8) is 0 Å². The van der Waals surface area contributed by atoms with Crippen molar-refractivity contribution < 1.29 is 37.8 Å². The molecule has 2 N–H and O–H groups in total. The summed E-state index contributed by atoms with van der Waals surface area (Å²) in [5.74, 6) is -2.60. The summed E-state index contributed by atoms with van der Waals surface area (Å²) in [7, 11) is 0. The van der Waals surface area contributed by atoms with Crippen LogP contribution in [0, 0.1) is 5.92 Å². The van der Waals surface area contributed by atoms with Crippen molar-refractivity contribution in [1.29, 1.82) is 0 Å². The van der Waals surface area contributed by atoms with Crippen LogP contribution in [-0.2, 0) is 9.63 Å². The standard InChI is InChI=1S/C31H47N3O3.C4H8.C2HF3O2/c1-7-10-12-28(24-34(19-8-2)26(6)25(4)5)23-33-20-11-17-31(9-3,18-21-33)37-32-22-27-13-15-29(16-14-27)30(35)36;1-4-2-3-4;3-2(4,5)1(6)7/h7,10,13-16,22,24,26H,4,8-9,11-12,17-21,23H2,1-3,5-6H3,(H,35,36);4H,2-3H2,1H3;(H,6,7)/b10-7-,28-24+,32-22+;;. The summed E-state index contributed by atoms with van der Waals surface area (Å²) in [5, 5.41) is 20.5. The third-order valence-electron chi connectivity index (χ3n) is 8.43. The number of carbonyl (C=O) groups is 2. The molecule has 0 radical (unpaired) electrons. The molecule has 1 saturated heterocycles. The van der Waals surface area contributed by atoms with Crippen LogP contribution in [0.2, 0.25) is 0 Å². The first kappa shape index (κ1) is 42.4. The molecule has 0 aromatic heterocycles. The maximum absolute atomic E-state index is 11.1. The number of oxime groups is 1. The van der Waals surface area contributed by atoms with E-state index < -0.39 is 18.1 Å². The highest BCUT2D eigenvalue weighted by molar-refractivity contribution is 5.89. The number of alkyl halides is 3. The first-order chi connectivity index (χ1) is 22.6. The lowest BCUT2D eigenvalue weighted by Gasteiger charge is -2.31. The highest BCUT2D eigenvalue weighted by Gasteiger charge is 2.38. The fourth-order valence-corrected chi connectivity index (χ4v) is 4.83. The largest absolute Gasteiger partial charge is 0.490 e. The van der Waals surface area contributed by atoms with Crippen LogP contribution < -0.4 is 0 Å². The van der Waals surface area contributed by atoms with E-state index >= 15 is 0 Å². The molecule has 3 rings (SSSR count). The van der Waals surface area contributed by atoms with Crippen LogP contribution in [0.25, 0.3) is 0 Å². The quantitative estimate of drug-likeness (QED) is 0.115. The zero-order valence-corrected chi connectivity index (χ0v) is 29.6. The fourth-order valence-electron chi connectivity index (χ4n) is 4.83. The van der Waals surface area contributed by atoms with Crippen molar-refractivity contribution in [2.24, 2.45) is 11.1 Å². The van der Waals surface area contributed by atoms with Crippen LogP contribution in [0.3, 0.4) is 0 Å². The Balaban J connectivity index is 0.000000886. The van der Waals surface area contributed by atoms with E-state index in [9.17, 15) is 18.0 Å². The number of hydrogen-bond acceptors (Lipinski definition) is 6. The van der Waals surface area contributed by atoms with Crippen LogP contribution >= 0.6 is 0 Å². The van der Waals surface area contributed by atoms with E-state index in [-0.39, 0.29) is 11.2 Å². The molecule has 1 aliphatic heterocycles. The van der Waals surface area contributed by atoms with Gasteiger partial charge in [0.1, 0.15) is 5.60 Å². The van der Waals surface area contributed by atoms with E-state index in [4.69, 9.17) is 19.8 Å². The van der Waals surface area contributed by atoms with Crippen molar-refractivity contribution in [2.45, 2.75) is 111 Å². The Morgan fingerprint density at radius 1 is 1.17 bits per heavy atom. The molecule has 2 fully saturated rings. The maximum Gasteiger partial charge on any atom is 0.490 e. The van der Waals surface area contributed by atoms with Gasteiger partial charge in [-0.1, -0.05) is 75.2 Å². The minimum atomic E-state index is -5.08. The number of allylic oxidation sites excluding steroid dienone is 2. The highest BCUT2D eigenvalue weighted by Crippen LogP contribution is 2.31. The third-order valence-corrected chi connectivity index (χ3v) is 8.43. The molecule has 2 aliphatic rings. The monoisotopic (exact) mass is 679 g/mol. The second-order valence-electron chi connectivity index (χ2n) is 12.7. The van der Waals surface area contributed by atoms with E-state index in [1.54, 1.807) is 30.5 Å². The predicted octanol–water partition coefficient (Wildman–Crippen LogP) is 8.95. The molecule has 11 heteroatoms. The number of nitrogens with zero attached hydrogens (tertiary/aromatic N) is 3. The van der Waals surface area contributed by atoms with Gasteiger partial charge < -0.3 is 20.0 Å². The number of halogens is 3. The molecule has 1 saturated carbocycles. The molecule has 2 atom stereocenters. The lowest BCUT2D eigenvalue weighted by atomic mass is 9.92. The van der Waals surface area contributed by atoms with Crippen LogP contribution in [-0.4, -0.2) is 82.2 Å². The zero-order valence-electron chi connectivity index (χ0n) is 29.6. The van der Waals surface area contributed by atoms with Crippen molar-refractivity contribution in [3.05, 3.63) is 71.5 Å². The molecule has 1 heterocycles. The molecule has 1 aromatic rings. The summed E-state index contributed by atoms with van der Waals surface area (Å²) < 4.78 is 31.7. The summed E-state index contributed by atoms with van der Waals surface area (Å²) in [6.07, 6.45) is 12.2. The SMILES string of the molecule is C=C(C)C(C)N(/C=C(\C/C=C\C)CN1CCCC(CC)(O/N=C/c2ccc(C(=O)O)cc2)CC1)CCC.CC1CC1.O=C(O)C(F)(F)F. The van der Waals surface area contributed by atoms with Crippen molar-refractivity contribution in [3.8, 4) is 0 Å². The second-order valence-corrected chi connectivity index (χ2v) is 12.7. The molecule has 0 bridgehead atoms. The molecular formula is C37H56F3N3O5. The van der Waals surface area contributed by atoms with Crippen molar-refractivity contribution >= 4 is 18.2 Å². The number of carboxylic acids is 2. The molecule has 1 aliphatic carbocycles. The van der Waals surface area contributed by atoms with E-state index in [1.165, 1.54) is 24.0 Å². The van der Waals surface area contributed by atoms with Gasteiger partial charge in [-0.15, -0.1) is 0 Å². The van der Waals surface area contributed by atoms with Gasteiger partial charge in [-0.25, -0.2) is 9.59 Å². The van der Waals surface area contributed by atoms with Gasteiger partial charge in [-0.2, -0.15) is 13.2 Å². The number of aliphatic carboxylic acids is 1. The summed E-state index contributed by atoms with van der Waals surface area (Å²) in [6, 6.07) is 6.99. The number of aromatic carboxylic acids is 1. The number of benzene rings is 1. The number of likely N-dealkylation sites (tertiary alicyclic amines) is 1. The minimum absolute atomic E-state index is 0.265. The van der Waals surface area contributed by atoms with Crippen molar-refractivity contribution in [2.75, 3.05) is 26.2 Å². The Bertz CT molecular complexity index is 1230. The average Bonchev–Trinajstić information content (AvgIpc) is 3.85. The van der Waals surface area contributed by atoms with Gasteiger partial charge in [-0.05, 0) is 88.6 Å². The fraction of sp³-hybridized carbons (Fsp3) is 0.595. The Morgan fingerprint density at radius 2 is 1.77 bits per heavy atom. The first-order valence-corrected chi connectivity index (χ1v) is 16.9. The molecule has 1 aromatic carbocycles. The highest BCUT2D eigenvalue weighted by atomic mass is 19.4. The molecule has 8 nitrogen and oxygen atoms in total. The van der Waals surface area contributed by atoms with Gasteiger partial charge in [0, 0.05) is 38.3 Å². The Kier molecular flexibility index (Phi) is 18.9. The average molecular weight is 680 g/mol. The molecule has 2 unspecified atom stereocenters. The second kappa shape index (κ2) is 21.4. The van der Waals surface area contributed by atoms with Crippen LogP contribution in [0.4, 0.5) is 13.2 Å². The number of hydrogen-bond donors (Lipinski definition) is 2. The van der Waals surface area contributed by atoms with Gasteiger partial charge >= 0.3 is 18.1 Å². The Morgan fingerprint density at radius 3 is 2.23 bits per heavy atom. The third kappa shape index (κ3) is 17.0. The van der Waals surface area contributed by atoms with Crippen LogP contribution in [0.1, 0.15) is 109 Å². The molecule has 48 heavy (non-hydrogen) atoms. The van der Waals surface area contributed by atoms with Gasteiger partial charge in [0.15, 0.2) is 0 Å². The molecule has 270 valence electrons. The maximum atomic E-state index is 11.1. The normalized spacial score (nSPS) is 19.4. The van der Waals surface area contributed by atoms with E-state index in [1.807, 2.05) is 0 Å². The predicted molar refractivity (Wildman–Crippen MR) is 186 cm³/mol. The van der Waals surface area contributed by atoms with Gasteiger partial charge in [0.25, 0.3) is 0 Å². The summed E-state index contributed by atoms with van der Waals surface area (Å²) in [5.41, 5.74) is 3.43.